The molecule has 0 heterocycles. The van der Waals surface area contributed by atoms with E-state index in [4.69, 9.17) is 0 Å². The monoisotopic (exact) mass is 214 g/mol. The predicted octanol–water partition coefficient (Wildman–Crippen LogP) is 2.55. The first-order chi connectivity index (χ1) is 7.73. The second kappa shape index (κ2) is 3.27. The van der Waals surface area contributed by atoms with Gasteiger partial charge in [0.2, 0.25) is 11.6 Å². The van der Waals surface area contributed by atoms with Crippen LogP contribution in [0.3, 0.4) is 0 Å². The lowest BCUT2D eigenvalue weighted by molar-refractivity contribution is -0.124. The van der Waals surface area contributed by atoms with E-state index in [-0.39, 0.29) is 17.0 Å². The van der Waals surface area contributed by atoms with Crippen LogP contribution in [0, 0.1) is 5.41 Å². The van der Waals surface area contributed by atoms with Gasteiger partial charge in [0.1, 0.15) is 0 Å². The molecule has 0 N–H and O–H groups in total. The zero-order valence-electron chi connectivity index (χ0n) is 9.16. The Morgan fingerprint density at radius 3 is 2.44 bits per heavy atom. The van der Waals surface area contributed by atoms with E-state index in [9.17, 15) is 9.59 Å². The van der Waals surface area contributed by atoms with Crippen LogP contribution in [0.4, 0.5) is 0 Å². The number of rotatable bonds is 0. The van der Waals surface area contributed by atoms with E-state index in [2.05, 4.69) is 0 Å². The molecule has 0 radical (unpaired) electrons. The molecule has 2 nitrogen and oxygen atoms in total. The van der Waals surface area contributed by atoms with Crippen molar-refractivity contribution in [1.29, 1.82) is 0 Å². The highest BCUT2D eigenvalue weighted by Gasteiger charge is 2.47. The molecule has 0 atom stereocenters. The fourth-order valence-corrected chi connectivity index (χ4v) is 3.16. The molecule has 2 heteroatoms. The summed E-state index contributed by atoms with van der Waals surface area (Å²) >= 11 is 0. The highest BCUT2D eigenvalue weighted by molar-refractivity contribution is 6.46. The molecule has 1 aromatic rings. The zero-order chi connectivity index (χ0) is 11.2. The standard InChI is InChI=1S/C14H14O2/c15-12-11-6-2-1-5-10(11)9-14(13(12)16)7-3-4-8-14/h1-2,5-6H,3-4,7-9H2. The molecular formula is C14H14O2. The molecule has 2 aliphatic rings. The first kappa shape index (κ1) is 9.76. The molecule has 0 aliphatic heterocycles. The Bertz CT molecular complexity index is 467. The second-order valence-electron chi connectivity index (χ2n) is 4.98. The van der Waals surface area contributed by atoms with Crippen molar-refractivity contribution in [2.45, 2.75) is 32.1 Å². The summed E-state index contributed by atoms with van der Waals surface area (Å²) in [5.41, 5.74) is 1.35. The van der Waals surface area contributed by atoms with E-state index >= 15 is 0 Å². The van der Waals surface area contributed by atoms with Gasteiger partial charge in [-0.05, 0) is 24.8 Å². The van der Waals surface area contributed by atoms with Crippen molar-refractivity contribution in [3.8, 4) is 0 Å². The molecule has 3 rings (SSSR count). The van der Waals surface area contributed by atoms with Crippen molar-refractivity contribution in [3.05, 3.63) is 35.4 Å². The van der Waals surface area contributed by atoms with E-state index in [1.165, 1.54) is 0 Å². The Balaban J connectivity index is 2.12. The molecule has 0 bridgehead atoms. The highest BCUT2D eigenvalue weighted by atomic mass is 16.2. The minimum absolute atomic E-state index is 0.135. The Morgan fingerprint density at radius 2 is 1.69 bits per heavy atom. The van der Waals surface area contributed by atoms with Crippen LogP contribution in [0.2, 0.25) is 0 Å². The summed E-state index contributed by atoms with van der Waals surface area (Å²) in [6.45, 7) is 0. The Kier molecular flexibility index (Phi) is 2.00. The molecular weight excluding hydrogens is 200 g/mol. The van der Waals surface area contributed by atoms with Crippen LogP contribution in [0.5, 0.6) is 0 Å². The SMILES string of the molecule is O=C1C(=O)C2(CCCC2)Cc2ccccc21. The summed E-state index contributed by atoms with van der Waals surface area (Å²) in [6, 6.07) is 7.54. The minimum Gasteiger partial charge on any atom is -0.290 e. The highest BCUT2D eigenvalue weighted by Crippen LogP contribution is 2.45. The van der Waals surface area contributed by atoms with Gasteiger partial charge in [-0.25, -0.2) is 0 Å². The van der Waals surface area contributed by atoms with Gasteiger partial charge in [0.15, 0.2) is 0 Å². The number of hydrogen-bond donors (Lipinski definition) is 0. The Labute approximate surface area is 94.7 Å². The lowest BCUT2D eigenvalue weighted by Crippen LogP contribution is -2.40. The summed E-state index contributed by atoms with van der Waals surface area (Å²) in [7, 11) is 0. The van der Waals surface area contributed by atoms with Crippen molar-refractivity contribution in [3.63, 3.8) is 0 Å². The van der Waals surface area contributed by atoms with Crippen LogP contribution >= 0.6 is 0 Å². The largest absolute Gasteiger partial charge is 0.290 e. The topological polar surface area (TPSA) is 34.1 Å². The minimum atomic E-state index is -0.342. The quantitative estimate of drug-likeness (QED) is 0.622. The first-order valence-corrected chi connectivity index (χ1v) is 5.90. The van der Waals surface area contributed by atoms with Gasteiger partial charge in [-0.1, -0.05) is 37.1 Å². The van der Waals surface area contributed by atoms with Gasteiger partial charge in [0.05, 0.1) is 0 Å². The second-order valence-corrected chi connectivity index (χ2v) is 4.98. The summed E-state index contributed by atoms with van der Waals surface area (Å²) in [6.07, 6.45) is 4.73. The number of benzene rings is 1. The average molecular weight is 214 g/mol. The molecule has 1 spiro atoms. The molecule has 1 aromatic carbocycles. The maximum atomic E-state index is 12.2. The number of Topliss-reactive ketones (excluding diaryl/α,β-unsaturated/α-hetero) is 2. The molecule has 82 valence electrons. The maximum Gasteiger partial charge on any atom is 0.229 e. The van der Waals surface area contributed by atoms with Gasteiger partial charge in [-0.2, -0.15) is 0 Å². The molecule has 1 fully saturated rings. The summed E-state index contributed by atoms with van der Waals surface area (Å²) < 4.78 is 0. The van der Waals surface area contributed by atoms with E-state index in [1.54, 1.807) is 6.07 Å². The maximum absolute atomic E-state index is 12.2. The van der Waals surface area contributed by atoms with Crippen LogP contribution < -0.4 is 0 Å². The average Bonchev–Trinajstić information content (AvgIpc) is 2.76. The third-order valence-corrected chi connectivity index (χ3v) is 4.04. The number of carbonyl (C=O) groups is 2. The number of fused-ring (bicyclic) bond motifs is 1. The number of hydrogen-bond acceptors (Lipinski definition) is 2. The Hall–Kier alpha value is -1.44. The smallest absolute Gasteiger partial charge is 0.229 e. The van der Waals surface area contributed by atoms with E-state index < -0.39 is 0 Å². The molecule has 2 aliphatic carbocycles. The predicted molar refractivity (Wildman–Crippen MR) is 60.4 cm³/mol. The third kappa shape index (κ3) is 1.19. The first-order valence-electron chi connectivity index (χ1n) is 5.90. The van der Waals surface area contributed by atoms with Gasteiger partial charge >= 0.3 is 0 Å². The van der Waals surface area contributed by atoms with Crippen LogP contribution in [0.1, 0.15) is 41.6 Å². The lowest BCUT2D eigenvalue weighted by Gasteiger charge is -2.31. The van der Waals surface area contributed by atoms with E-state index in [0.29, 0.717) is 5.56 Å². The fourth-order valence-electron chi connectivity index (χ4n) is 3.16. The summed E-state index contributed by atoms with van der Waals surface area (Å²) in [4.78, 5) is 24.2. The molecule has 0 amide bonds. The lowest BCUT2D eigenvalue weighted by atomic mass is 9.69. The number of ketones is 2. The van der Waals surface area contributed by atoms with Crippen LogP contribution in [-0.4, -0.2) is 11.6 Å². The van der Waals surface area contributed by atoms with Crippen LogP contribution in [-0.2, 0) is 11.2 Å². The van der Waals surface area contributed by atoms with Gasteiger partial charge in [0, 0.05) is 11.0 Å². The normalized spacial score (nSPS) is 22.5. The van der Waals surface area contributed by atoms with Crippen molar-refractivity contribution in [1.82, 2.24) is 0 Å². The Morgan fingerprint density at radius 1 is 1.00 bits per heavy atom. The zero-order valence-corrected chi connectivity index (χ0v) is 9.16. The van der Waals surface area contributed by atoms with Gasteiger partial charge in [0.25, 0.3) is 0 Å². The van der Waals surface area contributed by atoms with E-state index in [0.717, 1.165) is 37.7 Å². The molecule has 0 aromatic heterocycles. The van der Waals surface area contributed by atoms with Gasteiger partial charge < -0.3 is 0 Å². The van der Waals surface area contributed by atoms with Crippen molar-refractivity contribution >= 4 is 11.6 Å². The molecule has 1 saturated carbocycles. The van der Waals surface area contributed by atoms with Gasteiger partial charge in [-0.3, -0.25) is 9.59 Å². The third-order valence-electron chi connectivity index (χ3n) is 4.04. The van der Waals surface area contributed by atoms with Crippen LogP contribution in [0.25, 0.3) is 0 Å². The molecule has 0 unspecified atom stereocenters. The summed E-state index contributed by atoms with van der Waals surface area (Å²) in [5, 5.41) is 0. The van der Waals surface area contributed by atoms with Crippen molar-refractivity contribution in [2.24, 2.45) is 5.41 Å². The molecule has 16 heavy (non-hydrogen) atoms. The van der Waals surface area contributed by atoms with Crippen LogP contribution in [0.15, 0.2) is 24.3 Å². The van der Waals surface area contributed by atoms with Crippen molar-refractivity contribution in [2.75, 3.05) is 0 Å². The number of carbonyl (C=O) groups excluding carboxylic acids is 2. The van der Waals surface area contributed by atoms with E-state index in [1.807, 2.05) is 18.2 Å². The summed E-state index contributed by atoms with van der Waals surface area (Å²) in [5.74, 6) is -0.396. The molecule has 0 saturated heterocycles. The van der Waals surface area contributed by atoms with Gasteiger partial charge in [-0.15, -0.1) is 0 Å². The fraction of sp³-hybridized carbons (Fsp3) is 0.429. The van der Waals surface area contributed by atoms with Crippen molar-refractivity contribution < 1.29 is 9.59 Å².